The summed E-state index contributed by atoms with van der Waals surface area (Å²) in [5.74, 6) is -0.423. The van der Waals surface area contributed by atoms with E-state index < -0.39 is 24.5 Å². The summed E-state index contributed by atoms with van der Waals surface area (Å²) in [5.41, 5.74) is 1.19. The van der Waals surface area contributed by atoms with Gasteiger partial charge in [-0.15, -0.1) is 0 Å². The van der Waals surface area contributed by atoms with Gasteiger partial charge in [-0.2, -0.15) is 0 Å². The molecular weight excluding hydrogens is 344 g/mol. The SMILES string of the molecule is COc1cccc(C(=O)N[C@@H](CO)C(=O)NCc2ccc(Cl)cc2)c1. The fourth-order valence-corrected chi connectivity index (χ4v) is 2.24. The van der Waals surface area contributed by atoms with Gasteiger partial charge in [-0.1, -0.05) is 29.8 Å². The second-order valence-corrected chi connectivity index (χ2v) is 5.72. The lowest BCUT2D eigenvalue weighted by Gasteiger charge is -2.16. The number of carbonyl (C=O) groups excluding carboxylic acids is 2. The minimum atomic E-state index is -1.05. The molecule has 0 bridgehead atoms. The second kappa shape index (κ2) is 9.05. The van der Waals surface area contributed by atoms with Crippen molar-refractivity contribution in [2.24, 2.45) is 0 Å². The number of rotatable bonds is 7. The quantitative estimate of drug-likeness (QED) is 0.700. The molecule has 0 aliphatic rings. The zero-order chi connectivity index (χ0) is 18.2. The van der Waals surface area contributed by atoms with E-state index in [0.29, 0.717) is 16.3 Å². The minimum Gasteiger partial charge on any atom is -0.497 e. The molecule has 7 heteroatoms. The first-order chi connectivity index (χ1) is 12.0. The van der Waals surface area contributed by atoms with Crippen molar-refractivity contribution in [3.05, 3.63) is 64.7 Å². The maximum absolute atomic E-state index is 12.2. The Hall–Kier alpha value is -2.57. The van der Waals surface area contributed by atoms with Gasteiger partial charge in [0.25, 0.3) is 5.91 Å². The van der Waals surface area contributed by atoms with Crippen LogP contribution in [0.2, 0.25) is 5.02 Å². The lowest BCUT2D eigenvalue weighted by atomic mass is 10.1. The highest BCUT2D eigenvalue weighted by Crippen LogP contribution is 2.12. The largest absolute Gasteiger partial charge is 0.497 e. The molecule has 0 saturated carbocycles. The molecule has 6 nitrogen and oxygen atoms in total. The van der Waals surface area contributed by atoms with E-state index in [9.17, 15) is 14.7 Å². The van der Waals surface area contributed by atoms with Gasteiger partial charge in [-0.25, -0.2) is 0 Å². The maximum atomic E-state index is 12.2. The van der Waals surface area contributed by atoms with Gasteiger partial charge in [0, 0.05) is 17.1 Å². The topological polar surface area (TPSA) is 87.7 Å². The summed E-state index contributed by atoms with van der Waals surface area (Å²) < 4.78 is 5.06. The Balaban J connectivity index is 1.94. The van der Waals surface area contributed by atoms with Crippen molar-refractivity contribution in [2.75, 3.05) is 13.7 Å². The molecule has 25 heavy (non-hydrogen) atoms. The second-order valence-electron chi connectivity index (χ2n) is 5.28. The van der Waals surface area contributed by atoms with Crippen LogP contribution in [0.1, 0.15) is 15.9 Å². The Morgan fingerprint density at radius 3 is 2.56 bits per heavy atom. The first kappa shape index (κ1) is 18.8. The van der Waals surface area contributed by atoms with Gasteiger partial charge in [0.05, 0.1) is 13.7 Å². The molecule has 0 fully saturated rings. The van der Waals surface area contributed by atoms with Crippen molar-refractivity contribution >= 4 is 23.4 Å². The summed E-state index contributed by atoms with van der Waals surface area (Å²) in [6.07, 6.45) is 0. The van der Waals surface area contributed by atoms with Crippen LogP contribution in [-0.4, -0.2) is 36.7 Å². The number of aliphatic hydroxyl groups excluding tert-OH is 1. The Kier molecular flexibility index (Phi) is 6.80. The molecule has 2 aromatic rings. The van der Waals surface area contributed by atoms with Crippen LogP contribution in [0.15, 0.2) is 48.5 Å². The molecule has 2 rings (SSSR count). The van der Waals surface area contributed by atoms with Crippen LogP contribution in [0.3, 0.4) is 0 Å². The van der Waals surface area contributed by atoms with Gasteiger partial charge in [0.2, 0.25) is 5.91 Å². The van der Waals surface area contributed by atoms with E-state index in [1.165, 1.54) is 7.11 Å². The normalized spacial score (nSPS) is 11.5. The number of methoxy groups -OCH3 is 1. The van der Waals surface area contributed by atoms with Crippen LogP contribution in [0, 0.1) is 0 Å². The van der Waals surface area contributed by atoms with E-state index in [0.717, 1.165) is 5.56 Å². The molecule has 0 aliphatic heterocycles. The van der Waals surface area contributed by atoms with E-state index >= 15 is 0 Å². The standard InChI is InChI=1S/C18H19ClN2O4/c1-25-15-4-2-3-13(9-15)17(23)21-16(11-22)18(24)20-10-12-5-7-14(19)8-6-12/h2-9,16,22H,10-11H2,1H3,(H,20,24)(H,21,23)/t16-/m0/s1. The van der Waals surface area contributed by atoms with Crippen molar-refractivity contribution < 1.29 is 19.4 Å². The number of hydrogen-bond acceptors (Lipinski definition) is 4. The molecule has 132 valence electrons. The summed E-state index contributed by atoms with van der Waals surface area (Å²) >= 11 is 5.81. The Labute approximate surface area is 150 Å². The molecule has 1 atom stereocenters. The third kappa shape index (κ3) is 5.48. The van der Waals surface area contributed by atoms with Crippen LogP contribution >= 0.6 is 11.6 Å². The molecular formula is C18H19ClN2O4. The van der Waals surface area contributed by atoms with Gasteiger partial charge >= 0.3 is 0 Å². The molecule has 0 aliphatic carbocycles. The molecule has 2 aromatic carbocycles. The average molecular weight is 363 g/mol. The number of amides is 2. The third-order valence-corrected chi connectivity index (χ3v) is 3.77. The monoisotopic (exact) mass is 362 g/mol. The highest BCUT2D eigenvalue weighted by Gasteiger charge is 2.20. The lowest BCUT2D eigenvalue weighted by Crippen LogP contribution is -2.48. The lowest BCUT2D eigenvalue weighted by molar-refractivity contribution is -0.124. The van der Waals surface area contributed by atoms with Crippen LogP contribution in [-0.2, 0) is 11.3 Å². The first-order valence-electron chi connectivity index (χ1n) is 7.61. The number of hydrogen-bond donors (Lipinski definition) is 3. The average Bonchev–Trinajstić information content (AvgIpc) is 2.65. The predicted molar refractivity (Wildman–Crippen MR) is 94.6 cm³/mol. The fraction of sp³-hybridized carbons (Fsp3) is 0.222. The summed E-state index contributed by atoms with van der Waals surface area (Å²) in [5, 5.41) is 15.2. The molecule has 2 amide bonds. The highest BCUT2D eigenvalue weighted by atomic mass is 35.5. The van der Waals surface area contributed by atoms with Crippen LogP contribution < -0.4 is 15.4 Å². The predicted octanol–water partition coefficient (Wildman–Crippen LogP) is 1.76. The van der Waals surface area contributed by atoms with Crippen LogP contribution in [0.4, 0.5) is 0 Å². The van der Waals surface area contributed by atoms with Crippen LogP contribution in [0.5, 0.6) is 5.75 Å². The fourth-order valence-electron chi connectivity index (χ4n) is 2.11. The summed E-state index contributed by atoms with van der Waals surface area (Å²) in [6, 6.07) is 12.5. The highest BCUT2D eigenvalue weighted by molar-refractivity contribution is 6.30. The zero-order valence-corrected chi connectivity index (χ0v) is 14.4. The number of halogens is 1. The number of benzene rings is 2. The van der Waals surface area contributed by atoms with E-state index in [1.807, 2.05) is 0 Å². The van der Waals surface area contributed by atoms with Crippen molar-refractivity contribution in [3.8, 4) is 5.75 Å². The Morgan fingerprint density at radius 1 is 1.20 bits per heavy atom. The zero-order valence-electron chi connectivity index (χ0n) is 13.7. The Morgan fingerprint density at radius 2 is 1.92 bits per heavy atom. The van der Waals surface area contributed by atoms with E-state index in [1.54, 1.807) is 48.5 Å². The van der Waals surface area contributed by atoms with Crippen molar-refractivity contribution in [1.82, 2.24) is 10.6 Å². The number of ether oxygens (including phenoxy) is 1. The van der Waals surface area contributed by atoms with Gasteiger partial charge in [-0.3, -0.25) is 9.59 Å². The third-order valence-electron chi connectivity index (χ3n) is 3.52. The summed E-state index contributed by atoms with van der Waals surface area (Å²) in [7, 11) is 1.50. The van der Waals surface area contributed by atoms with Gasteiger partial charge < -0.3 is 20.5 Å². The molecule has 0 saturated heterocycles. The molecule has 0 unspecified atom stereocenters. The van der Waals surface area contributed by atoms with E-state index in [2.05, 4.69) is 10.6 Å². The molecule has 0 radical (unpaired) electrons. The van der Waals surface area contributed by atoms with Crippen molar-refractivity contribution in [2.45, 2.75) is 12.6 Å². The summed E-state index contributed by atoms with van der Waals surface area (Å²) in [6.45, 7) is -0.246. The first-order valence-corrected chi connectivity index (χ1v) is 7.99. The molecule has 3 N–H and O–H groups in total. The Bertz CT molecular complexity index is 734. The smallest absolute Gasteiger partial charge is 0.252 e. The van der Waals surface area contributed by atoms with Crippen molar-refractivity contribution in [1.29, 1.82) is 0 Å². The number of aliphatic hydroxyl groups is 1. The number of carbonyl (C=O) groups is 2. The van der Waals surface area contributed by atoms with Gasteiger partial charge in [0.1, 0.15) is 11.8 Å². The summed E-state index contributed by atoms with van der Waals surface area (Å²) in [4.78, 5) is 24.4. The van der Waals surface area contributed by atoms with Crippen molar-refractivity contribution in [3.63, 3.8) is 0 Å². The van der Waals surface area contributed by atoms with Gasteiger partial charge in [-0.05, 0) is 35.9 Å². The van der Waals surface area contributed by atoms with E-state index in [4.69, 9.17) is 16.3 Å². The minimum absolute atomic E-state index is 0.265. The van der Waals surface area contributed by atoms with Crippen LogP contribution in [0.25, 0.3) is 0 Å². The van der Waals surface area contributed by atoms with E-state index in [-0.39, 0.29) is 6.54 Å². The molecule has 0 heterocycles. The number of nitrogens with one attached hydrogen (secondary N) is 2. The molecule has 0 aromatic heterocycles. The molecule has 0 spiro atoms. The maximum Gasteiger partial charge on any atom is 0.252 e. The van der Waals surface area contributed by atoms with Gasteiger partial charge in [0.15, 0.2) is 0 Å².